The lowest BCUT2D eigenvalue weighted by molar-refractivity contribution is -0.139. The van der Waals surface area contributed by atoms with Crippen LogP contribution in [0.15, 0.2) is 93.9 Å². The Hall–Kier alpha value is -4.14. The third kappa shape index (κ3) is 6.35. The summed E-state index contributed by atoms with van der Waals surface area (Å²) in [6, 6.07) is 21.7. The van der Waals surface area contributed by atoms with Crippen molar-refractivity contribution in [1.82, 2.24) is 4.57 Å². The van der Waals surface area contributed by atoms with Gasteiger partial charge in [0, 0.05) is 10.6 Å². The van der Waals surface area contributed by atoms with Crippen LogP contribution in [0.5, 0.6) is 11.5 Å². The smallest absolute Gasteiger partial charge is 0.338 e. The van der Waals surface area contributed by atoms with Crippen LogP contribution < -0.4 is 24.4 Å². The number of hydrogen-bond acceptors (Lipinski definition) is 7. The third-order valence-corrected chi connectivity index (χ3v) is 7.80. The topological polar surface area (TPSA) is 79.1 Å². The van der Waals surface area contributed by atoms with Gasteiger partial charge in [0.25, 0.3) is 5.56 Å². The fourth-order valence-corrected chi connectivity index (χ4v) is 5.92. The van der Waals surface area contributed by atoms with E-state index < -0.39 is 12.0 Å². The molecule has 0 bridgehead atoms. The number of halogens is 1. The number of allylic oxidation sites excluding steroid dienone is 1. The average molecular weight is 603 g/mol. The van der Waals surface area contributed by atoms with Crippen molar-refractivity contribution in [3.8, 4) is 11.5 Å². The first kappa shape index (κ1) is 29.4. The van der Waals surface area contributed by atoms with Crippen LogP contribution in [0.4, 0.5) is 0 Å². The van der Waals surface area contributed by atoms with Crippen molar-refractivity contribution >= 4 is 35.0 Å². The summed E-state index contributed by atoms with van der Waals surface area (Å²) in [5.41, 5.74) is 3.04. The first-order chi connectivity index (χ1) is 20.2. The van der Waals surface area contributed by atoms with Gasteiger partial charge in [-0.2, -0.15) is 0 Å². The molecule has 7 nitrogen and oxygen atoms in total. The molecule has 0 spiro atoms. The highest BCUT2D eigenvalue weighted by atomic mass is 35.5. The van der Waals surface area contributed by atoms with E-state index in [-0.39, 0.29) is 18.3 Å². The number of hydrogen-bond donors (Lipinski definition) is 0. The second-order valence-corrected chi connectivity index (χ2v) is 11.4. The Morgan fingerprint density at radius 2 is 1.86 bits per heavy atom. The van der Waals surface area contributed by atoms with Crippen molar-refractivity contribution in [3.05, 3.63) is 125 Å². The fraction of sp³-hybridized carbons (Fsp3) is 0.242. The molecule has 0 unspecified atom stereocenters. The predicted octanol–water partition coefficient (Wildman–Crippen LogP) is 5.82. The summed E-state index contributed by atoms with van der Waals surface area (Å²) >= 11 is 7.26. The molecule has 42 heavy (non-hydrogen) atoms. The van der Waals surface area contributed by atoms with Gasteiger partial charge >= 0.3 is 5.97 Å². The van der Waals surface area contributed by atoms with Crippen LogP contribution in [-0.2, 0) is 16.1 Å². The van der Waals surface area contributed by atoms with Crippen LogP contribution in [0.3, 0.4) is 0 Å². The first-order valence-corrected chi connectivity index (χ1v) is 14.9. The van der Waals surface area contributed by atoms with E-state index in [1.165, 1.54) is 11.3 Å². The number of ether oxygens (including phenoxy) is 3. The Morgan fingerprint density at radius 1 is 1.10 bits per heavy atom. The van der Waals surface area contributed by atoms with E-state index in [9.17, 15) is 9.59 Å². The van der Waals surface area contributed by atoms with Gasteiger partial charge in [-0.1, -0.05) is 65.4 Å². The lowest BCUT2D eigenvalue weighted by Gasteiger charge is -2.26. The second kappa shape index (κ2) is 12.8. The highest BCUT2D eigenvalue weighted by Gasteiger charge is 2.35. The Kier molecular flexibility index (Phi) is 8.94. The van der Waals surface area contributed by atoms with Crippen molar-refractivity contribution in [2.24, 2.45) is 4.99 Å². The zero-order valence-corrected chi connectivity index (χ0v) is 25.4. The molecule has 5 rings (SSSR count). The van der Waals surface area contributed by atoms with E-state index in [1.807, 2.05) is 92.7 Å². The molecule has 0 saturated carbocycles. The quantitative estimate of drug-likeness (QED) is 0.226. The minimum absolute atomic E-state index is 0.104. The summed E-state index contributed by atoms with van der Waals surface area (Å²) in [4.78, 5) is 32.4. The maximum Gasteiger partial charge on any atom is 0.338 e. The van der Waals surface area contributed by atoms with Crippen LogP contribution in [0, 0.1) is 0 Å². The number of esters is 1. The SMILES string of the molecule is CCOC(=O)C1=C(C)N=c2s/c(=C\c3cccc(OCc4ccc(Cl)cc4)c3)c(=O)n2[C@H]1c1ccccc1OC(C)C. The lowest BCUT2D eigenvalue weighted by Crippen LogP contribution is -2.40. The molecule has 2 heterocycles. The summed E-state index contributed by atoms with van der Waals surface area (Å²) in [5.74, 6) is 0.751. The Morgan fingerprint density at radius 3 is 2.60 bits per heavy atom. The second-order valence-electron chi connectivity index (χ2n) is 9.99. The molecule has 0 fully saturated rings. The van der Waals surface area contributed by atoms with E-state index in [4.69, 9.17) is 25.8 Å². The molecule has 1 aliphatic rings. The number of nitrogens with zero attached hydrogens (tertiary/aromatic N) is 2. The van der Waals surface area contributed by atoms with Gasteiger partial charge in [-0.3, -0.25) is 9.36 Å². The Labute approximate surface area is 253 Å². The van der Waals surface area contributed by atoms with Crippen LogP contribution in [0.2, 0.25) is 5.02 Å². The van der Waals surface area contributed by atoms with Crippen molar-refractivity contribution < 1.29 is 19.0 Å². The minimum Gasteiger partial charge on any atom is -0.491 e. The normalized spacial score (nSPS) is 14.9. The molecular formula is C33H31ClN2O5S. The summed E-state index contributed by atoms with van der Waals surface area (Å²) < 4.78 is 19.6. The Balaban J connectivity index is 1.57. The van der Waals surface area contributed by atoms with Crippen molar-refractivity contribution in [3.63, 3.8) is 0 Å². The van der Waals surface area contributed by atoms with Gasteiger partial charge < -0.3 is 14.2 Å². The monoisotopic (exact) mass is 602 g/mol. The molecule has 1 aromatic heterocycles. The first-order valence-electron chi connectivity index (χ1n) is 13.7. The maximum absolute atomic E-state index is 14.0. The van der Waals surface area contributed by atoms with E-state index in [0.29, 0.717) is 49.3 Å². The van der Waals surface area contributed by atoms with Crippen molar-refractivity contribution in [1.29, 1.82) is 0 Å². The van der Waals surface area contributed by atoms with Gasteiger partial charge in [0.1, 0.15) is 24.1 Å². The van der Waals surface area contributed by atoms with E-state index >= 15 is 0 Å². The van der Waals surface area contributed by atoms with Crippen molar-refractivity contribution in [2.75, 3.05) is 6.61 Å². The molecule has 0 N–H and O–H groups in total. The van der Waals surface area contributed by atoms with E-state index in [1.54, 1.807) is 18.4 Å². The van der Waals surface area contributed by atoms with Crippen LogP contribution in [-0.4, -0.2) is 23.2 Å². The third-order valence-electron chi connectivity index (χ3n) is 6.57. The zero-order valence-electron chi connectivity index (χ0n) is 23.8. The van der Waals surface area contributed by atoms with Gasteiger partial charge in [0.2, 0.25) is 0 Å². The number of fused-ring (bicyclic) bond motifs is 1. The number of carbonyl (C=O) groups is 1. The summed E-state index contributed by atoms with van der Waals surface area (Å²) in [6.07, 6.45) is 1.71. The standard InChI is InChI=1S/C33H31ClN2O5S/c1-5-39-32(38)29-21(4)35-33-36(30(29)26-11-6-7-12-27(26)41-20(2)3)31(37)28(42-33)18-23-9-8-10-25(17-23)40-19-22-13-15-24(34)16-14-22/h6-18,20,30H,5,19H2,1-4H3/b28-18-/t30-/m0/s1. The van der Waals surface area contributed by atoms with E-state index in [0.717, 1.165) is 11.1 Å². The molecular weight excluding hydrogens is 572 g/mol. The summed E-state index contributed by atoms with van der Waals surface area (Å²) in [7, 11) is 0. The van der Waals surface area contributed by atoms with Gasteiger partial charge in [0.15, 0.2) is 4.80 Å². The molecule has 9 heteroatoms. The molecule has 216 valence electrons. The molecule has 0 amide bonds. The van der Waals surface area contributed by atoms with Crippen LogP contribution in [0.25, 0.3) is 6.08 Å². The van der Waals surface area contributed by atoms with Gasteiger partial charge in [-0.05, 0) is 75.2 Å². The molecule has 1 aliphatic heterocycles. The van der Waals surface area contributed by atoms with Gasteiger partial charge in [-0.25, -0.2) is 9.79 Å². The Bertz CT molecular complexity index is 1820. The number of rotatable bonds is 9. The number of aromatic nitrogens is 1. The number of benzene rings is 3. The van der Waals surface area contributed by atoms with Gasteiger partial charge in [-0.15, -0.1) is 0 Å². The van der Waals surface area contributed by atoms with Crippen molar-refractivity contribution in [2.45, 2.75) is 46.4 Å². The molecule has 0 radical (unpaired) electrons. The number of para-hydroxylation sites is 1. The molecule has 1 atom stereocenters. The summed E-state index contributed by atoms with van der Waals surface area (Å²) in [6.45, 7) is 7.97. The molecule has 0 aliphatic carbocycles. The minimum atomic E-state index is -0.758. The molecule has 4 aromatic rings. The fourth-order valence-electron chi connectivity index (χ4n) is 4.75. The maximum atomic E-state index is 14.0. The zero-order chi connectivity index (χ0) is 29.8. The molecule has 0 saturated heterocycles. The van der Waals surface area contributed by atoms with Crippen LogP contribution in [0.1, 0.15) is 50.4 Å². The average Bonchev–Trinajstić information content (AvgIpc) is 3.26. The van der Waals surface area contributed by atoms with E-state index in [2.05, 4.69) is 4.99 Å². The highest BCUT2D eigenvalue weighted by molar-refractivity contribution is 7.07. The predicted molar refractivity (Wildman–Crippen MR) is 165 cm³/mol. The largest absolute Gasteiger partial charge is 0.491 e. The molecule has 3 aromatic carbocycles. The number of thiazole rings is 1. The van der Waals surface area contributed by atoms with Gasteiger partial charge in [0.05, 0.1) is 28.5 Å². The number of carbonyl (C=O) groups excluding carboxylic acids is 1. The lowest BCUT2D eigenvalue weighted by atomic mass is 9.95. The van der Waals surface area contributed by atoms with Crippen LogP contribution >= 0.6 is 22.9 Å². The highest BCUT2D eigenvalue weighted by Crippen LogP contribution is 2.36. The summed E-state index contributed by atoms with van der Waals surface area (Å²) in [5, 5.41) is 0.671.